The van der Waals surface area contributed by atoms with Crippen LogP contribution in [0.2, 0.25) is 0 Å². The molecule has 0 radical (unpaired) electrons. The zero-order valence-electron chi connectivity index (χ0n) is 16.1. The van der Waals surface area contributed by atoms with Crippen molar-refractivity contribution in [3.8, 4) is 0 Å². The van der Waals surface area contributed by atoms with Crippen molar-refractivity contribution in [3.63, 3.8) is 0 Å². The SMILES string of the molecule is Cn1c(/C=C/c2ccc(/C=N\NC(N)=[N+]3CCCC3)cc2)c[n+]2ccccc12. The summed E-state index contributed by atoms with van der Waals surface area (Å²) in [6.45, 7) is 2.01. The molecule has 3 N–H and O–H groups in total. The first-order chi connectivity index (χ1) is 13.7. The van der Waals surface area contributed by atoms with Gasteiger partial charge >= 0.3 is 5.96 Å². The summed E-state index contributed by atoms with van der Waals surface area (Å²) in [6.07, 6.45) is 12.6. The molecular weight excluding hydrogens is 348 g/mol. The van der Waals surface area contributed by atoms with Crippen LogP contribution >= 0.6 is 0 Å². The average molecular weight is 374 g/mol. The van der Waals surface area contributed by atoms with Crippen molar-refractivity contribution in [2.45, 2.75) is 12.8 Å². The first-order valence-electron chi connectivity index (χ1n) is 9.61. The number of imidazole rings is 1. The summed E-state index contributed by atoms with van der Waals surface area (Å²) < 4.78 is 6.41. The monoisotopic (exact) mass is 374 g/mol. The van der Waals surface area contributed by atoms with E-state index in [1.54, 1.807) is 6.21 Å². The van der Waals surface area contributed by atoms with Crippen molar-refractivity contribution in [1.82, 2.24) is 9.99 Å². The van der Waals surface area contributed by atoms with E-state index in [9.17, 15) is 0 Å². The fourth-order valence-corrected chi connectivity index (χ4v) is 3.43. The zero-order valence-corrected chi connectivity index (χ0v) is 16.1. The van der Waals surface area contributed by atoms with Gasteiger partial charge in [0.15, 0.2) is 5.69 Å². The number of fused-ring (bicyclic) bond motifs is 1. The van der Waals surface area contributed by atoms with Gasteiger partial charge in [-0.1, -0.05) is 36.4 Å². The number of guanidine groups is 1. The minimum atomic E-state index is 0.626. The average Bonchev–Trinajstić information content (AvgIpc) is 3.36. The highest BCUT2D eigenvalue weighted by Gasteiger charge is 2.13. The number of aromatic nitrogens is 2. The minimum absolute atomic E-state index is 0.626. The molecule has 0 aliphatic carbocycles. The van der Waals surface area contributed by atoms with Crippen LogP contribution in [-0.2, 0) is 7.05 Å². The van der Waals surface area contributed by atoms with Crippen LogP contribution in [0.15, 0.2) is 60.0 Å². The predicted molar refractivity (Wildman–Crippen MR) is 113 cm³/mol. The van der Waals surface area contributed by atoms with Crippen LogP contribution in [0.3, 0.4) is 0 Å². The summed E-state index contributed by atoms with van der Waals surface area (Å²) in [5.74, 6) is 0.626. The number of hydrazone groups is 1. The summed E-state index contributed by atoms with van der Waals surface area (Å²) in [7, 11) is 2.08. The van der Waals surface area contributed by atoms with Crippen LogP contribution in [0.1, 0.15) is 29.7 Å². The Hall–Kier alpha value is -3.41. The molecule has 0 spiro atoms. The topological polar surface area (TPSA) is 62.5 Å². The van der Waals surface area contributed by atoms with E-state index in [1.807, 2.05) is 18.2 Å². The normalized spacial score (nSPS) is 14.5. The van der Waals surface area contributed by atoms with Gasteiger partial charge in [0.25, 0.3) is 5.65 Å². The number of hydrogen-bond acceptors (Lipinski definition) is 1. The van der Waals surface area contributed by atoms with Gasteiger partial charge in [0.2, 0.25) is 0 Å². The summed E-state index contributed by atoms with van der Waals surface area (Å²) >= 11 is 0. The van der Waals surface area contributed by atoms with Gasteiger partial charge in [0.1, 0.15) is 6.20 Å². The summed E-state index contributed by atoms with van der Waals surface area (Å²) in [5.41, 5.74) is 13.4. The lowest BCUT2D eigenvalue weighted by molar-refractivity contribution is -0.510. The van der Waals surface area contributed by atoms with Gasteiger partial charge in [0, 0.05) is 6.07 Å². The van der Waals surface area contributed by atoms with Crippen LogP contribution in [0.4, 0.5) is 0 Å². The van der Waals surface area contributed by atoms with Crippen molar-refractivity contribution < 1.29 is 8.98 Å². The highest BCUT2D eigenvalue weighted by molar-refractivity contribution is 5.82. The molecule has 6 nitrogen and oxygen atoms in total. The van der Waals surface area contributed by atoms with Crippen molar-refractivity contribution in [2.75, 3.05) is 13.1 Å². The standard InChI is InChI=1S/C22H25N6/c1-26-20(17-28-15-3-2-6-21(26)28)12-11-18-7-9-19(10-8-18)16-24-25-22(23)27-13-4-5-14-27/h2-3,6-12,15-17H,4-5,13-14H2,1H3,(H2,23,25)/q+1/p+1/b12-11+,24-16-. The lowest BCUT2D eigenvalue weighted by atomic mass is 10.1. The second kappa shape index (κ2) is 8.08. The highest BCUT2D eigenvalue weighted by Crippen LogP contribution is 2.10. The molecule has 28 heavy (non-hydrogen) atoms. The van der Waals surface area contributed by atoms with E-state index in [0.717, 1.165) is 35.6 Å². The molecular formula is C22H26N6+2. The molecule has 1 saturated heterocycles. The van der Waals surface area contributed by atoms with E-state index in [4.69, 9.17) is 5.73 Å². The lowest BCUT2D eigenvalue weighted by Gasteiger charge is -2.00. The van der Waals surface area contributed by atoms with Gasteiger partial charge in [-0.3, -0.25) is 10.3 Å². The van der Waals surface area contributed by atoms with E-state index < -0.39 is 0 Å². The van der Waals surface area contributed by atoms with Crippen molar-refractivity contribution in [3.05, 3.63) is 71.7 Å². The number of rotatable bonds is 4. The molecule has 4 rings (SSSR count). The molecule has 6 heteroatoms. The van der Waals surface area contributed by atoms with E-state index in [1.165, 1.54) is 12.8 Å². The van der Waals surface area contributed by atoms with E-state index in [2.05, 4.69) is 79.9 Å². The summed E-state index contributed by atoms with van der Waals surface area (Å²) in [6, 6.07) is 14.5. The number of benzene rings is 1. The number of hydrogen-bond donors (Lipinski definition) is 2. The fraction of sp³-hybridized carbons (Fsp3) is 0.227. The van der Waals surface area contributed by atoms with Crippen LogP contribution in [0, 0.1) is 0 Å². The minimum Gasteiger partial charge on any atom is -0.289 e. The van der Waals surface area contributed by atoms with Crippen LogP contribution < -0.4 is 15.6 Å². The Morgan fingerprint density at radius 2 is 1.82 bits per heavy atom. The van der Waals surface area contributed by atoms with Gasteiger partial charge in [0.05, 0.1) is 32.5 Å². The molecule has 0 unspecified atom stereocenters. The van der Waals surface area contributed by atoms with E-state index >= 15 is 0 Å². The third-order valence-corrected chi connectivity index (χ3v) is 5.09. The first kappa shape index (κ1) is 18.0. The Bertz CT molecular complexity index is 1050. The van der Waals surface area contributed by atoms with E-state index in [0.29, 0.717) is 5.96 Å². The van der Waals surface area contributed by atoms with Crippen LogP contribution in [0.25, 0.3) is 17.8 Å². The second-order valence-electron chi connectivity index (χ2n) is 7.03. The lowest BCUT2D eigenvalue weighted by Crippen LogP contribution is -2.37. The Balaban J connectivity index is 1.41. The number of nitrogens with zero attached hydrogens (tertiary/aromatic N) is 4. The largest absolute Gasteiger partial charge is 0.367 e. The highest BCUT2D eigenvalue weighted by atomic mass is 15.4. The molecule has 0 saturated carbocycles. The van der Waals surface area contributed by atoms with Crippen molar-refractivity contribution >= 4 is 30.0 Å². The molecule has 0 bridgehead atoms. The quantitative estimate of drug-likeness (QED) is 0.317. The zero-order chi connectivity index (χ0) is 19.3. The second-order valence-corrected chi connectivity index (χ2v) is 7.03. The number of aryl methyl sites for hydroxylation is 1. The molecule has 3 heterocycles. The fourth-order valence-electron chi connectivity index (χ4n) is 3.43. The first-order valence-corrected chi connectivity index (χ1v) is 9.61. The maximum atomic E-state index is 6.01. The molecule has 1 fully saturated rings. The number of nitrogens with one attached hydrogen (secondary N) is 1. The van der Waals surface area contributed by atoms with Gasteiger partial charge in [-0.2, -0.15) is 5.43 Å². The molecule has 1 aliphatic rings. The third-order valence-electron chi connectivity index (χ3n) is 5.09. The van der Waals surface area contributed by atoms with Gasteiger partial charge < -0.3 is 0 Å². The van der Waals surface area contributed by atoms with Gasteiger partial charge in [-0.15, -0.1) is 5.10 Å². The molecule has 1 aromatic carbocycles. The summed E-state index contributed by atoms with van der Waals surface area (Å²) in [4.78, 5) is 0. The number of pyridine rings is 1. The van der Waals surface area contributed by atoms with Crippen LogP contribution in [-0.4, -0.2) is 34.4 Å². The third kappa shape index (κ3) is 3.96. The Morgan fingerprint density at radius 3 is 2.57 bits per heavy atom. The summed E-state index contributed by atoms with van der Waals surface area (Å²) in [5, 5.41) is 4.24. The van der Waals surface area contributed by atoms with E-state index in [-0.39, 0.29) is 0 Å². The Morgan fingerprint density at radius 1 is 1.07 bits per heavy atom. The molecule has 0 atom stereocenters. The Labute approximate surface area is 164 Å². The maximum Gasteiger partial charge on any atom is 0.367 e. The predicted octanol–water partition coefficient (Wildman–Crippen LogP) is 1.98. The van der Waals surface area contributed by atoms with Gasteiger partial charge in [-0.25, -0.2) is 8.97 Å². The molecule has 142 valence electrons. The van der Waals surface area contributed by atoms with Gasteiger partial charge in [-0.05, 0) is 36.1 Å². The smallest absolute Gasteiger partial charge is 0.289 e. The van der Waals surface area contributed by atoms with Crippen molar-refractivity contribution in [1.29, 1.82) is 0 Å². The molecule has 0 amide bonds. The van der Waals surface area contributed by atoms with Crippen LogP contribution in [0.5, 0.6) is 0 Å². The maximum absolute atomic E-state index is 6.01. The Kier molecular flexibility index (Phi) is 5.19. The molecule has 3 aromatic rings. The molecule has 1 aliphatic heterocycles. The molecule has 2 aromatic heterocycles. The number of nitrogens with two attached hydrogens (primary N) is 1. The van der Waals surface area contributed by atoms with Crippen molar-refractivity contribution in [2.24, 2.45) is 17.9 Å².